The van der Waals surface area contributed by atoms with Crippen LogP contribution in [0.1, 0.15) is 30.9 Å². The van der Waals surface area contributed by atoms with Gasteiger partial charge in [-0.05, 0) is 43.0 Å². The van der Waals surface area contributed by atoms with E-state index in [-0.39, 0.29) is 19.3 Å². The highest BCUT2D eigenvalue weighted by Crippen LogP contribution is 2.20. The van der Waals surface area contributed by atoms with Crippen molar-refractivity contribution < 1.29 is 34.2 Å². The number of carboxylic acid groups (broad SMARTS) is 2. The predicted octanol–water partition coefficient (Wildman–Crippen LogP) is 1.19. The summed E-state index contributed by atoms with van der Waals surface area (Å²) >= 11 is 0. The van der Waals surface area contributed by atoms with Gasteiger partial charge in [0.25, 0.3) is 0 Å². The van der Waals surface area contributed by atoms with Crippen LogP contribution >= 0.6 is 0 Å². The van der Waals surface area contributed by atoms with Crippen LogP contribution in [0.2, 0.25) is 0 Å². The average Bonchev–Trinajstić information content (AvgIpc) is 3.58. The Balaban J connectivity index is 1.51. The number of carbonyl (C=O) groups excluding carboxylic acids is 3. The lowest BCUT2D eigenvalue weighted by Gasteiger charge is -2.24. The third-order valence-corrected chi connectivity index (χ3v) is 7.19. The van der Waals surface area contributed by atoms with Gasteiger partial charge in [0.15, 0.2) is 0 Å². The molecule has 226 valence electrons. The van der Waals surface area contributed by atoms with Crippen molar-refractivity contribution in [3.8, 4) is 0 Å². The lowest BCUT2D eigenvalue weighted by molar-refractivity contribution is -0.141. The van der Waals surface area contributed by atoms with Gasteiger partial charge in [0, 0.05) is 47.0 Å². The number of para-hydroxylation sites is 2. The van der Waals surface area contributed by atoms with Gasteiger partial charge in [-0.25, -0.2) is 0 Å². The number of H-pyrrole nitrogens is 2. The monoisotopic (exact) mass is 590 g/mol. The number of aromatic amines is 2. The standard InChI is InChI=1S/C30H34N6O7/c1-16(30(42)43)34-29(41)25(13-18-15-33-23-9-5-3-7-20(18)23)36-28(40)24(10-11-26(37)38)35-27(39)21(31)12-17-14-32-22-8-4-2-6-19(17)22/h2-9,14-16,21,24-25,32-33H,10-13,31H2,1H3,(H,34,41)(H,35,39)(H,36,40)(H,37,38)(H,42,43). The number of rotatable bonds is 14. The molecule has 3 amide bonds. The van der Waals surface area contributed by atoms with E-state index in [2.05, 4.69) is 25.9 Å². The van der Waals surface area contributed by atoms with Crippen molar-refractivity contribution in [2.24, 2.45) is 5.73 Å². The van der Waals surface area contributed by atoms with Crippen molar-refractivity contribution >= 4 is 51.5 Å². The zero-order valence-corrected chi connectivity index (χ0v) is 23.4. The molecule has 13 heteroatoms. The second kappa shape index (κ2) is 13.7. The normalized spacial score (nSPS) is 14.0. The number of hydrogen-bond acceptors (Lipinski definition) is 6. The first kappa shape index (κ1) is 30.8. The van der Waals surface area contributed by atoms with Crippen LogP contribution < -0.4 is 21.7 Å². The van der Waals surface area contributed by atoms with E-state index in [1.807, 2.05) is 48.5 Å². The van der Waals surface area contributed by atoms with Gasteiger partial charge in [0.05, 0.1) is 6.04 Å². The summed E-state index contributed by atoms with van der Waals surface area (Å²) < 4.78 is 0. The van der Waals surface area contributed by atoms with Crippen LogP contribution in [-0.2, 0) is 36.8 Å². The van der Waals surface area contributed by atoms with E-state index in [9.17, 15) is 34.2 Å². The predicted molar refractivity (Wildman–Crippen MR) is 158 cm³/mol. The number of nitrogens with one attached hydrogen (secondary N) is 5. The Kier molecular flexibility index (Phi) is 9.78. The molecule has 0 spiro atoms. The van der Waals surface area contributed by atoms with Crippen molar-refractivity contribution in [3.05, 3.63) is 72.1 Å². The quantitative estimate of drug-likeness (QED) is 0.106. The Morgan fingerprint density at radius 2 is 1.26 bits per heavy atom. The van der Waals surface area contributed by atoms with Gasteiger partial charge in [-0.1, -0.05) is 36.4 Å². The first-order valence-corrected chi connectivity index (χ1v) is 13.7. The summed E-state index contributed by atoms with van der Waals surface area (Å²) in [4.78, 5) is 68.6. The highest BCUT2D eigenvalue weighted by Gasteiger charge is 2.30. The summed E-state index contributed by atoms with van der Waals surface area (Å²) in [6.45, 7) is 1.29. The van der Waals surface area contributed by atoms with Crippen molar-refractivity contribution in [1.29, 1.82) is 0 Å². The molecule has 9 N–H and O–H groups in total. The zero-order valence-electron chi connectivity index (χ0n) is 23.4. The summed E-state index contributed by atoms with van der Waals surface area (Å²) in [5.74, 6) is -4.68. The maximum absolute atomic E-state index is 13.5. The van der Waals surface area contributed by atoms with Crippen molar-refractivity contribution in [2.45, 2.75) is 56.8 Å². The third kappa shape index (κ3) is 7.77. The van der Waals surface area contributed by atoms with Crippen LogP contribution in [0.4, 0.5) is 0 Å². The Hall–Kier alpha value is -5.17. The summed E-state index contributed by atoms with van der Waals surface area (Å²) in [6.07, 6.45) is 2.88. The van der Waals surface area contributed by atoms with Crippen molar-refractivity contribution in [1.82, 2.24) is 25.9 Å². The number of aliphatic carboxylic acids is 2. The molecule has 0 radical (unpaired) electrons. The van der Waals surface area contributed by atoms with E-state index < -0.39 is 60.2 Å². The molecule has 2 heterocycles. The molecule has 0 saturated heterocycles. The SMILES string of the molecule is CC(NC(=O)C(Cc1c[nH]c2ccccc12)NC(=O)C(CCC(=O)O)NC(=O)C(N)Cc1c[nH]c2ccccc12)C(=O)O. The molecule has 2 aromatic carbocycles. The van der Waals surface area contributed by atoms with Gasteiger partial charge < -0.3 is 41.9 Å². The number of fused-ring (bicyclic) bond motifs is 2. The fourth-order valence-electron chi connectivity index (χ4n) is 4.82. The molecule has 43 heavy (non-hydrogen) atoms. The second-order valence-corrected chi connectivity index (χ2v) is 10.4. The number of carbonyl (C=O) groups is 5. The lowest BCUT2D eigenvalue weighted by Crippen LogP contribution is -2.57. The van der Waals surface area contributed by atoms with Crippen LogP contribution in [0.3, 0.4) is 0 Å². The number of amides is 3. The van der Waals surface area contributed by atoms with E-state index in [0.29, 0.717) is 5.56 Å². The lowest BCUT2D eigenvalue weighted by atomic mass is 10.0. The van der Waals surface area contributed by atoms with Crippen molar-refractivity contribution in [2.75, 3.05) is 0 Å². The van der Waals surface area contributed by atoms with Crippen LogP contribution in [0.15, 0.2) is 60.9 Å². The molecule has 4 aromatic rings. The number of nitrogens with two attached hydrogens (primary N) is 1. The third-order valence-electron chi connectivity index (χ3n) is 7.19. The van der Waals surface area contributed by atoms with Gasteiger partial charge in [0.2, 0.25) is 17.7 Å². The van der Waals surface area contributed by atoms with E-state index in [0.717, 1.165) is 27.4 Å². The molecule has 4 rings (SSSR count). The minimum Gasteiger partial charge on any atom is -0.481 e. The number of aromatic nitrogens is 2. The Bertz CT molecular complexity index is 1640. The van der Waals surface area contributed by atoms with Gasteiger partial charge >= 0.3 is 11.9 Å². The molecular weight excluding hydrogens is 556 g/mol. The van der Waals surface area contributed by atoms with Crippen molar-refractivity contribution in [3.63, 3.8) is 0 Å². The van der Waals surface area contributed by atoms with E-state index in [1.54, 1.807) is 12.4 Å². The number of hydrogen-bond donors (Lipinski definition) is 8. The Labute approximate surface area is 246 Å². The van der Waals surface area contributed by atoms with Gasteiger partial charge in [-0.15, -0.1) is 0 Å². The maximum atomic E-state index is 13.5. The van der Waals surface area contributed by atoms with Crippen LogP contribution in [0.5, 0.6) is 0 Å². The highest BCUT2D eigenvalue weighted by molar-refractivity contribution is 5.95. The molecule has 2 aromatic heterocycles. The molecule has 0 fully saturated rings. The van der Waals surface area contributed by atoms with E-state index in [4.69, 9.17) is 5.73 Å². The van der Waals surface area contributed by atoms with Crippen LogP contribution in [-0.4, -0.2) is 74.0 Å². The molecule has 0 aliphatic heterocycles. The summed E-state index contributed by atoms with van der Waals surface area (Å²) in [5.41, 5.74) is 9.35. The maximum Gasteiger partial charge on any atom is 0.325 e. The fraction of sp³-hybridized carbons (Fsp3) is 0.300. The van der Waals surface area contributed by atoms with Gasteiger partial charge in [-0.3, -0.25) is 24.0 Å². The Morgan fingerprint density at radius 3 is 1.81 bits per heavy atom. The molecule has 0 saturated carbocycles. The summed E-state index contributed by atoms with van der Waals surface area (Å²) in [5, 5.41) is 27.7. The molecule has 4 unspecified atom stereocenters. The topological polar surface area (TPSA) is 220 Å². The molecule has 0 bridgehead atoms. The minimum absolute atomic E-state index is 0.00635. The molecule has 0 aliphatic carbocycles. The summed E-state index contributed by atoms with van der Waals surface area (Å²) in [7, 11) is 0. The largest absolute Gasteiger partial charge is 0.481 e. The van der Waals surface area contributed by atoms with Gasteiger partial charge in [-0.2, -0.15) is 0 Å². The van der Waals surface area contributed by atoms with E-state index in [1.165, 1.54) is 6.92 Å². The molecular formula is C30H34N6O7. The van der Waals surface area contributed by atoms with Gasteiger partial charge in [0.1, 0.15) is 18.1 Å². The summed E-state index contributed by atoms with van der Waals surface area (Å²) in [6, 6.07) is 9.98. The minimum atomic E-state index is -1.33. The Morgan fingerprint density at radius 1 is 0.744 bits per heavy atom. The smallest absolute Gasteiger partial charge is 0.325 e. The highest BCUT2D eigenvalue weighted by atomic mass is 16.4. The van der Waals surface area contributed by atoms with Crippen LogP contribution in [0, 0.1) is 0 Å². The first-order chi connectivity index (χ1) is 20.5. The molecule has 13 nitrogen and oxygen atoms in total. The molecule has 0 aliphatic rings. The first-order valence-electron chi connectivity index (χ1n) is 13.7. The second-order valence-electron chi connectivity index (χ2n) is 10.4. The number of carboxylic acids is 2. The van der Waals surface area contributed by atoms with Crippen LogP contribution in [0.25, 0.3) is 21.8 Å². The van der Waals surface area contributed by atoms with E-state index >= 15 is 0 Å². The zero-order chi connectivity index (χ0) is 31.1. The average molecular weight is 591 g/mol. The number of benzene rings is 2. The molecule has 4 atom stereocenters. The fourth-order valence-corrected chi connectivity index (χ4v) is 4.82.